The van der Waals surface area contributed by atoms with Crippen LogP contribution in [0.2, 0.25) is 0 Å². The van der Waals surface area contributed by atoms with Crippen LogP contribution in [0.4, 0.5) is 0 Å². The number of benzene rings is 2. The van der Waals surface area contributed by atoms with Gasteiger partial charge in [0.05, 0.1) is 0 Å². The van der Waals surface area contributed by atoms with Crippen LogP contribution >= 0.6 is 0 Å². The summed E-state index contributed by atoms with van der Waals surface area (Å²) in [6.07, 6.45) is 13.7. The third-order valence-electron chi connectivity index (χ3n) is 4.62. The van der Waals surface area contributed by atoms with E-state index in [4.69, 9.17) is 0 Å². The van der Waals surface area contributed by atoms with E-state index in [9.17, 15) is 0 Å². The molecular weight excluding hydrogens is 384 g/mol. The molecule has 0 saturated carbocycles. The Labute approximate surface area is 199 Å². The molecule has 0 amide bonds. The number of aryl methyl sites for hydroxylation is 1. The molecule has 0 N–H and O–H groups in total. The summed E-state index contributed by atoms with van der Waals surface area (Å²) in [6, 6.07) is 20.7. The van der Waals surface area contributed by atoms with Crippen molar-refractivity contribution in [3.8, 4) is 0 Å². The molecule has 0 aliphatic heterocycles. The van der Waals surface area contributed by atoms with Gasteiger partial charge in [-0.3, -0.25) is 0 Å². The predicted molar refractivity (Wildman–Crippen MR) is 147 cm³/mol. The highest BCUT2D eigenvalue weighted by atomic mass is 14.0. The molecule has 2 aromatic rings. The Balaban J connectivity index is 0.000000481. The van der Waals surface area contributed by atoms with Crippen molar-refractivity contribution < 1.29 is 0 Å². The van der Waals surface area contributed by atoms with Gasteiger partial charge in [-0.05, 0) is 79.7 Å². The first-order chi connectivity index (χ1) is 15.2. The summed E-state index contributed by atoms with van der Waals surface area (Å²) in [4.78, 5) is 0. The smallest absolute Gasteiger partial charge is 0.00950 e. The van der Waals surface area contributed by atoms with Crippen LogP contribution in [-0.2, 0) is 6.42 Å². The molecule has 0 aliphatic rings. The number of hydrogen-bond acceptors (Lipinski definition) is 0. The first-order valence-electron chi connectivity index (χ1n) is 11.9. The van der Waals surface area contributed by atoms with Gasteiger partial charge < -0.3 is 0 Å². The lowest BCUT2D eigenvalue weighted by molar-refractivity contribution is 0.964. The van der Waals surface area contributed by atoms with Crippen molar-refractivity contribution in [2.75, 3.05) is 0 Å². The second-order valence-corrected chi connectivity index (χ2v) is 8.79. The van der Waals surface area contributed by atoms with E-state index in [1.807, 2.05) is 36.4 Å². The zero-order valence-corrected chi connectivity index (χ0v) is 21.9. The summed E-state index contributed by atoms with van der Waals surface area (Å²) < 4.78 is 0. The standard InChI is InChI=1S/C14H24.C12H16.C6H6/c1-6-8-13(4)11-14(5)10-7-9-12(2)3;1-10(2)4-7-12-8-5-11(3)6-9-12;1-2-4-6-5-3-1/h8-9,11H,6-7,10H2,1-5H3;4-6,8-9H,7H2,1-3H3;1-6H/b13-8+,14-11+;;. The van der Waals surface area contributed by atoms with Gasteiger partial charge in [-0.15, -0.1) is 0 Å². The largest absolute Gasteiger partial charge is 0.0856 e. The molecule has 0 heterocycles. The van der Waals surface area contributed by atoms with E-state index >= 15 is 0 Å². The molecule has 0 saturated heterocycles. The van der Waals surface area contributed by atoms with Crippen LogP contribution in [0.5, 0.6) is 0 Å². The lowest BCUT2D eigenvalue weighted by Gasteiger charge is -1.99. The molecule has 0 aromatic heterocycles. The third-order valence-corrected chi connectivity index (χ3v) is 4.62. The Morgan fingerprint density at radius 1 is 0.688 bits per heavy atom. The Kier molecular flexibility index (Phi) is 17.6. The minimum absolute atomic E-state index is 1.06. The van der Waals surface area contributed by atoms with Gasteiger partial charge in [0.2, 0.25) is 0 Å². The van der Waals surface area contributed by atoms with E-state index in [1.54, 1.807) is 0 Å². The topological polar surface area (TPSA) is 0 Å². The fraction of sp³-hybridized carbons (Fsp3) is 0.375. The van der Waals surface area contributed by atoms with Crippen LogP contribution in [0.25, 0.3) is 0 Å². The molecular formula is C32H46. The second-order valence-electron chi connectivity index (χ2n) is 8.79. The van der Waals surface area contributed by atoms with Crippen LogP contribution in [0.3, 0.4) is 0 Å². The minimum Gasteiger partial charge on any atom is -0.0856 e. The molecule has 174 valence electrons. The number of rotatable bonds is 7. The fourth-order valence-corrected chi connectivity index (χ4v) is 2.86. The van der Waals surface area contributed by atoms with Crippen LogP contribution in [0.15, 0.2) is 107 Å². The molecule has 2 aromatic carbocycles. The normalized spacial score (nSPS) is 10.8. The van der Waals surface area contributed by atoms with Gasteiger partial charge in [0.1, 0.15) is 0 Å². The summed E-state index contributed by atoms with van der Waals surface area (Å²) in [5.41, 5.74) is 8.39. The summed E-state index contributed by atoms with van der Waals surface area (Å²) in [5, 5.41) is 0. The van der Waals surface area contributed by atoms with Crippen LogP contribution in [0.1, 0.15) is 78.9 Å². The zero-order valence-electron chi connectivity index (χ0n) is 21.9. The SMILES string of the molecule is CC(C)=CCc1ccc(C)cc1.CC/C=C(C)/C=C(\C)CCC=C(C)C.c1ccccc1. The molecule has 0 fully saturated rings. The van der Waals surface area contributed by atoms with Crippen molar-refractivity contribution in [1.82, 2.24) is 0 Å². The van der Waals surface area contributed by atoms with Crippen LogP contribution < -0.4 is 0 Å². The highest BCUT2D eigenvalue weighted by Gasteiger charge is 1.90. The van der Waals surface area contributed by atoms with Gasteiger partial charge in [0.25, 0.3) is 0 Å². The van der Waals surface area contributed by atoms with Gasteiger partial charge in [0, 0.05) is 0 Å². The van der Waals surface area contributed by atoms with Gasteiger partial charge >= 0.3 is 0 Å². The third kappa shape index (κ3) is 19.4. The molecule has 0 nitrogen and oxygen atoms in total. The quantitative estimate of drug-likeness (QED) is 0.303. The van der Waals surface area contributed by atoms with Crippen LogP contribution in [-0.4, -0.2) is 0 Å². The second kappa shape index (κ2) is 19.1. The molecule has 2 rings (SSSR count). The molecule has 0 heteroatoms. The maximum atomic E-state index is 2.30. The molecule has 0 bridgehead atoms. The molecule has 0 aliphatic carbocycles. The van der Waals surface area contributed by atoms with Crippen molar-refractivity contribution in [3.05, 3.63) is 118 Å². The van der Waals surface area contributed by atoms with E-state index in [-0.39, 0.29) is 0 Å². The summed E-state index contributed by atoms with van der Waals surface area (Å²) >= 11 is 0. The average molecular weight is 431 g/mol. The number of hydrogen-bond donors (Lipinski definition) is 0. The van der Waals surface area contributed by atoms with Gasteiger partial charge in [-0.25, -0.2) is 0 Å². The van der Waals surface area contributed by atoms with Crippen molar-refractivity contribution in [3.63, 3.8) is 0 Å². The fourth-order valence-electron chi connectivity index (χ4n) is 2.86. The van der Waals surface area contributed by atoms with E-state index in [1.165, 1.54) is 46.3 Å². The average Bonchev–Trinajstić information content (AvgIpc) is 2.75. The molecule has 32 heavy (non-hydrogen) atoms. The van der Waals surface area contributed by atoms with Gasteiger partial charge in [-0.1, -0.05) is 120 Å². The predicted octanol–water partition coefficient (Wildman–Crippen LogP) is 10.2. The molecule has 0 atom stereocenters. The van der Waals surface area contributed by atoms with E-state index in [0.29, 0.717) is 0 Å². The summed E-state index contributed by atoms with van der Waals surface area (Å²) in [5.74, 6) is 0. The lowest BCUT2D eigenvalue weighted by atomic mass is 10.1. The maximum Gasteiger partial charge on any atom is -0.00950 e. The number of allylic oxidation sites excluding steroid dienone is 8. The van der Waals surface area contributed by atoms with E-state index < -0.39 is 0 Å². The Morgan fingerprint density at radius 3 is 1.62 bits per heavy atom. The van der Waals surface area contributed by atoms with E-state index in [2.05, 4.69) is 104 Å². The highest BCUT2D eigenvalue weighted by Crippen LogP contribution is 2.10. The minimum atomic E-state index is 1.06. The van der Waals surface area contributed by atoms with Gasteiger partial charge in [-0.2, -0.15) is 0 Å². The van der Waals surface area contributed by atoms with Crippen molar-refractivity contribution >= 4 is 0 Å². The Morgan fingerprint density at radius 2 is 1.19 bits per heavy atom. The first-order valence-corrected chi connectivity index (χ1v) is 11.9. The molecule has 0 unspecified atom stereocenters. The first kappa shape index (κ1) is 29.4. The molecule has 0 radical (unpaired) electrons. The zero-order chi connectivity index (χ0) is 24.2. The maximum absolute atomic E-state index is 2.30. The Hall–Kier alpha value is -2.60. The van der Waals surface area contributed by atoms with Crippen LogP contribution in [0, 0.1) is 6.92 Å². The van der Waals surface area contributed by atoms with Crippen molar-refractivity contribution in [1.29, 1.82) is 0 Å². The summed E-state index contributed by atoms with van der Waals surface area (Å²) in [7, 11) is 0. The molecule has 0 spiro atoms. The Bertz CT molecular complexity index is 793. The summed E-state index contributed by atoms with van der Waals surface area (Å²) in [6.45, 7) is 17.3. The highest BCUT2D eigenvalue weighted by molar-refractivity contribution is 5.23. The lowest BCUT2D eigenvalue weighted by Crippen LogP contribution is -1.81. The van der Waals surface area contributed by atoms with Crippen molar-refractivity contribution in [2.24, 2.45) is 0 Å². The monoisotopic (exact) mass is 430 g/mol. The van der Waals surface area contributed by atoms with Gasteiger partial charge in [0.15, 0.2) is 0 Å². The van der Waals surface area contributed by atoms with E-state index in [0.717, 1.165) is 12.8 Å². The van der Waals surface area contributed by atoms with Crippen molar-refractivity contribution in [2.45, 2.75) is 81.1 Å².